The van der Waals surface area contributed by atoms with Gasteiger partial charge in [-0.2, -0.15) is 17.0 Å². The Morgan fingerprint density at radius 2 is 2.05 bits per heavy atom. The van der Waals surface area contributed by atoms with Gasteiger partial charge in [-0.3, -0.25) is 4.79 Å². The molecule has 1 heterocycles. The summed E-state index contributed by atoms with van der Waals surface area (Å²) in [4.78, 5) is 11.4. The Balaban J connectivity index is 0.00000361. The van der Waals surface area contributed by atoms with Gasteiger partial charge < -0.3 is 11.1 Å². The Morgan fingerprint density at radius 1 is 1.40 bits per heavy atom. The lowest BCUT2D eigenvalue weighted by molar-refractivity contribution is -0.121. The van der Waals surface area contributed by atoms with Crippen LogP contribution in [0.5, 0.6) is 0 Å². The minimum absolute atomic E-state index is 0. The molecule has 9 heteroatoms. The van der Waals surface area contributed by atoms with Crippen LogP contribution in [0.1, 0.15) is 25.7 Å². The van der Waals surface area contributed by atoms with E-state index in [4.69, 9.17) is 5.73 Å². The van der Waals surface area contributed by atoms with Gasteiger partial charge in [-0.25, -0.2) is 0 Å². The van der Waals surface area contributed by atoms with Crippen molar-refractivity contribution in [2.24, 2.45) is 5.73 Å². The normalized spacial score (nSPS) is 20.5. The molecule has 1 saturated heterocycles. The molecule has 1 fully saturated rings. The second-order valence-electron chi connectivity index (χ2n) is 4.89. The van der Waals surface area contributed by atoms with Crippen LogP contribution in [0.4, 0.5) is 0 Å². The molecule has 120 valence electrons. The van der Waals surface area contributed by atoms with Gasteiger partial charge in [0, 0.05) is 46.2 Å². The Hall–Kier alpha value is -0.410. The minimum atomic E-state index is -3.42. The smallest absolute Gasteiger partial charge is 0.281 e. The summed E-state index contributed by atoms with van der Waals surface area (Å²) in [5, 5.41) is 2.75. The van der Waals surface area contributed by atoms with Crippen molar-refractivity contribution in [2.75, 3.05) is 33.7 Å². The van der Waals surface area contributed by atoms with E-state index in [9.17, 15) is 13.2 Å². The van der Waals surface area contributed by atoms with E-state index in [1.54, 1.807) is 0 Å². The number of hydrogen-bond donors (Lipinski definition) is 2. The van der Waals surface area contributed by atoms with E-state index in [-0.39, 0.29) is 30.8 Å². The van der Waals surface area contributed by atoms with Crippen molar-refractivity contribution < 1.29 is 13.2 Å². The highest BCUT2D eigenvalue weighted by Crippen LogP contribution is 2.21. The monoisotopic (exact) mass is 328 g/mol. The maximum absolute atomic E-state index is 12.2. The Kier molecular flexibility index (Phi) is 8.60. The van der Waals surface area contributed by atoms with Crippen molar-refractivity contribution in [3.8, 4) is 0 Å². The van der Waals surface area contributed by atoms with Gasteiger partial charge in [-0.15, -0.1) is 12.4 Å². The molecule has 20 heavy (non-hydrogen) atoms. The third-order valence-electron chi connectivity index (χ3n) is 3.24. The van der Waals surface area contributed by atoms with Crippen molar-refractivity contribution in [2.45, 2.75) is 31.7 Å². The molecule has 1 amide bonds. The van der Waals surface area contributed by atoms with Crippen LogP contribution in [0.15, 0.2) is 0 Å². The second kappa shape index (κ2) is 8.78. The number of nitrogens with two attached hydrogens (primary N) is 1. The standard InChI is InChI=1S/C11H24N4O3S.ClH/c1-14(2)19(17,18)15-8-4-3-5-10(15)9-13-11(16)6-7-12;/h10H,3-9,12H2,1-2H3,(H,13,16);1H. The van der Waals surface area contributed by atoms with Gasteiger partial charge in [0.05, 0.1) is 0 Å². The number of carbonyl (C=O) groups excluding carboxylic acids is 1. The number of halogens is 1. The molecule has 3 N–H and O–H groups in total. The molecule has 0 radical (unpaired) electrons. The van der Waals surface area contributed by atoms with Crippen molar-refractivity contribution in [3.63, 3.8) is 0 Å². The summed E-state index contributed by atoms with van der Waals surface area (Å²) >= 11 is 0. The molecule has 0 bridgehead atoms. The highest BCUT2D eigenvalue weighted by Gasteiger charge is 2.33. The number of hydrogen-bond acceptors (Lipinski definition) is 4. The number of nitrogens with zero attached hydrogens (tertiary/aromatic N) is 2. The fraction of sp³-hybridized carbons (Fsp3) is 0.909. The van der Waals surface area contributed by atoms with Crippen molar-refractivity contribution in [3.05, 3.63) is 0 Å². The number of amides is 1. The third-order valence-corrected chi connectivity index (χ3v) is 5.23. The highest BCUT2D eigenvalue weighted by atomic mass is 35.5. The molecule has 0 aromatic rings. The summed E-state index contributed by atoms with van der Waals surface area (Å²) in [6, 6.07) is -0.164. The third kappa shape index (κ3) is 5.17. The zero-order valence-electron chi connectivity index (χ0n) is 12.0. The van der Waals surface area contributed by atoms with Crippen molar-refractivity contribution in [1.29, 1.82) is 0 Å². The Morgan fingerprint density at radius 3 is 2.60 bits per heavy atom. The molecule has 1 rings (SSSR count). The van der Waals surface area contributed by atoms with E-state index in [0.29, 0.717) is 19.6 Å². The first-order chi connectivity index (χ1) is 8.89. The predicted molar refractivity (Wildman–Crippen MR) is 80.9 cm³/mol. The molecule has 1 atom stereocenters. The fourth-order valence-electron chi connectivity index (χ4n) is 2.14. The van der Waals surface area contributed by atoms with E-state index >= 15 is 0 Å². The average molecular weight is 329 g/mol. The first-order valence-corrected chi connectivity index (χ1v) is 7.95. The molecular weight excluding hydrogens is 304 g/mol. The van der Waals surface area contributed by atoms with Crippen LogP contribution >= 0.6 is 12.4 Å². The van der Waals surface area contributed by atoms with Gasteiger partial charge in [0.15, 0.2) is 0 Å². The van der Waals surface area contributed by atoms with Gasteiger partial charge in [0.25, 0.3) is 10.2 Å². The van der Waals surface area contributed by atoms with Crippen LogP contribution in [0.3, 0.4) is 0 Å². The van der Waals surface area contributed by atoms with E-state index in [0.717, 1.165) is 19.3 Å². The maximum Gasteiger partial charge on any atom is 0.281 e. The average Bonchev–Trinajstić information content (AvgIpc) is 2.37. The van der Waals surface area contributed by atoms with Crippen molar-refractivity contribution in [1.82, 2.24) is 13.9 Å². The SMILES string of the molecule is CN(C)S(=O)(=O)N1CCCCC1CNC(=O)CCN.Cl. The largest absolute Gasteiger partial charge is 0.354 e. The lowest BCUT2D eigenvalue weighted by Crippen LogP contribution is -2.52. The lowest BCUT2D eigenvalue weighted by Gasteiger charge is -2.36. The molecule has 0 aromatic heterocycles. The van der Waals surface area contributed by atoms with Crippen LogP contribution in [-0.4, -0.2) is 62.7 Å². The van der Waals surface area contributed by atoms with E-state index < -0.39 is 10.2 Å². The number of carbonyl (C=O) groups is 1. The Labute approximate surface area is 127 Å². The van der Waals surface area contributed by atoms with Crippen LogP contribution < -0.4 is 11.1 Å². The van der Waals surface area contributed by atoms with Gasteiger partial charge in [-0.1, -0.05) is 6.42 Å². The van der Waals surface area contributed by atoms with Gasteiger partial charge in [0.2, 0.25) is 5.91 Å². The number of rotatable bonds is 6. The first kappa shape index (κ1) is 19.6. The zero-order valence-corrected chi connectivity index (χ0v) is 13.7. The molecule has 7 nitrogen and oxygen atoms in total. The highest BCUT2D eigenvalue weighted by molar-refractivity contribution is 7.86. The summed E-state index contributed by atoms with van der Waals surface area (Å²) in [6.07, 6.45) is 2.89. The van der Waals surface area contributed by atoms with Gasteiger partial charge in [-0.05, 0) is 12.8 Å². The maximum atomic E-state index is 12.2. The minimum Gasteiger partial charge on any atom is -0.354 e. The molecule has 0 spiro atoms. The van der Waals surface area contributed by atoms with Crippen LogP contribution in [0.2, 0.25) is 0 Å². The second-order valence-corrected chi connectivity index (χ2v) is 6.99. The topological polar surface area (TPSA) is 95.7 Å². The summed E-state index contributed by atoms with van der Waals surface area (Å²) < 4.78 is 27.1. The quantitative estimate of drug-likeness (QED) is 0.689. The molecule has 0 aliphatic carbocycles. The summed E-state index contributed by atoms with van der Waals surface area (Å²) in [5.41, 5.74) is 5.30. The Bertz CT molecular complexity index is 402. The van der Waals surface area contributed by atoms with Gasteiger partial charge >= 0.3 is 0 Å². The van der Waals surface area contributed by atoms with Crippen molar-refractivity contribution >= 4 is 28.5 Å². The lowest BCUT2D eigenvalue weighted by atomic mass is 10.1. The number of nitrogens with one attached hydrogen (secondary N) is 1. The zero-order chi connectivity index (χ0) is 14.5. The molecule has 1 unspecified atom stereocenters. The fourth-order valence-corrected chi connectivity index (χ4v) is 3.48. The molecule has 1 aliphatic rings. The molecule has 0 saturated carbocycles. The summed E-state index contributed by atoms with van der Waals surface area (Å²) in [5.74, 6) is -0.129. The van der Waals surface area contributed by atoms with Crippen LogP contribution in [-0.2, 0) is 15.0 Å². The van der Waals surface area contributed by atoms with Gasteiger partial charge in [0.1, 0.15) is 0 Å². The summed E-state index contributed by atoms with van der Waals surface area (Å²) in [7, 11) is -0.375. The first-order valence-electron chi connectivity index (χ1n) is 6.55. The van der Waals surface area contributed by atoms with Crippen LogP contribution in [0.25, 0.3) is 0 Å². The van der Waals surface area contributed by atoms with E-state index in [1.807, 2.05) is 0 Å². The molecular formula is C11H25ClN4O3S. The number of piperidine rings is 1. The van der Waals surface area contributed by atoms with E-state index in [2.05, 4.69) is 5.32 Å². The summed E-state index contributed by atoms with van der Waals surface area (Å²) in [6.45, 7) is 1.17. The van der Waals surface area contributed by atoms with Crippen LogP contribution in [0, 0.1) is 0 Å². The molecule has 1 aliphatic heterocycles. The van der Waals surface area contributed by atoms with E-state index in [1.165, 1.54) is 22.7 Å². The predicted octanol–water partition coefficient (Wildman–Crippen LogP) is -0.466. The molecule has 0 aromatic carbocycles.